The Morgan fingerprint density at radius 3 is 3.05 bits per heavy atom. The van der Waals surface area contributed by atoms with Crippen LogP contribution in [0.2, 0.25) is 0 Å². The summed E-state index contributed by atoms with van der Waals surface area (Å²) in [5, 5.41) is 11.9. The Morgan fingerprint density at radius 1 is 1.60 bits per heavy atom. The number of nitrogens with two attached hydrogens (primary N) is 1. The van der Waals surface area contributed by atoms with E-state index < -0.39 is 18.5 Å². The van der Waals surface area contributed by atoms with Crippen molar-refractivity contribution in [2.45, 2.75) is 24.9 Å². The van der Waals surface area contributed by atoms with Crippen molar-refractivity contribution >= 4 is 22.9 Å². The molecule has 3 rings (SSSR count). The molecule has 108 valence electrons. The largest absolute Gasteiger partial charge is 0.394 e. The van der Waals surface area contributed by atoms with Crippen molar-refractivity contribution in [1.82, 2.24) is 19.5 Å². The van der Waals surface area contributed by atoms with E-state index in [0.29, 0.717) is 17.0 Å². The summed E-state index contributed by atoms with van der Waals surface area (Å²) in [6.45, 7) is -0.220. The molecule has 1 aliphatic rings. The molecule has 3 atom stereocenters. The average Bonchev–Trinajstić information content (AvgIpc) is 3.00. The van der Waals surface area contributed by atoms with E-state index >= 15 is 0 Å². The first-order valence-electron chi connectivity index (χ1n) is 6.22. The van der Waals surface area contributed by atoms with E-state index in [4.69, 9.17) is 15.6 Å². The minimum absolute atomic E-state index is 0.0655. The van der Waals surface area contributed by atoms with Crippen molar-refractivity contribution in [3.8, 4) is 0 Å². The lowest BCUT2D eigenvalue weighted by molar-refractivity contribution is -0.0351. The highest BCUT2D eigenvalue weighted by molar-refractivity contribution is 5.84. The first kappa shape index (κ1) is 13.0. The summed E-state index contributed by atoms with van der Waals surface area (Å²) in [4.78, 5) is 12.3. The zero-order valence-electron chi connectivity index (χ0n) is 10.8. The number of anilines is 2. The van der Waals surface area contributed by atoms with Crippen LogP contribution in [0.5, 0.6) is 0 Å². The highest BCUT2D eigenvalue weighted by Gasteiger charge is 2.37. The lowest BCUT2D eigenvalue weighted by Crippen LogP contribution is -2.17. The summed E-state index contributed by atoms with van der Waals surface area (Å²) in [7, 11) is 1.69. The fraction of sp³-hybridized carbons (Fsp3) is 0.545. The molecule has 9 heteroatoms. The van der Waals surface area contributed by atoms with Crippen LogP contribution in [0, 0.1) is 0 Å². The highest BCUT2D eigenvalue weighted by atomic mass is 19.1. The predicted molar refractivity (Wildman–Crippen MR) is 69.8 cm³/mol. The third-order valence-electron chi connectivity index (χ3n) is 3.28. The lowest BCUT2D eigenvalue weighted by Gasteiger charge is -2.15. The number of rotatable bonds is 3. The number of alkyl halides is 1. The standard InChI is InChI=1S/C11H15FN6O2/c1-14-8-7-9(17-11(13)16-8)18(4-15-7)10-6(12)2-5(3-19)20-10/h4-6,10,19H,2-3H2,1H3,(H3,13,14,16,17). The number of imidazole rings is 1. The summed E-state index contributed by atoms with van der Waals surface area (Å²) < 4.78 is 21.0. The van der Waals surface area contributed by atoms with Gasteiger partial charge in [0.05, 0.1) is 19.0 Å². The molecule has 4 N–H and O–H groups in total. The van der Waals surface area contributed by atoms with Crippen LogP contribution < -0.4 is 11.1 Å². The number of aliphatic hydroxyl groups excluding tert-OH is 1. The van der Waals surface area contributed by atoms with Gasteiger partial charge in [0.2, 0.25) is 5.95 Å². The average molecular weight is 282 g/mol. The van der Waals surface area contributed by atoms with Gasteiger partial charge in [-0.1, -0.05) is 0 Å². The highest BCUT2D eigenvalue weighted by Crippen LogP contribution is 2.33. The van der Waals surface area contributed by atoms with E-state index in [2.05, 4.69) is 20.3 Å². The number of aliphatic hydroxyl groups is 1. The Kier molecular flexibility index (Phi) is 3.14. The number of hydrogen-bond acceptors (Lipinski definition) is 7. The van der Waals surface area contributed by atoms with Crippen LogP contribution in [0.25, 0.3) is 11.2 Å². The van der Waals surface area contributed by atoms with Gasteiger partial charge in [0.25, 0.3) is 0 Å². The Labute approximate surface area is 113 Å². The maximum Gasteiger partial charge on any atom is 0.224 e. The molecule has 0 amide bonds. The molecule has 1 aliphatic heterocycles. The third-order valence-corrected chi connectivity index (χ3v) is 3.28. The van der Waals surface area contributed by atoms with Gasteiger partial charge >= 0.3 is 0 Å². The smallest absolute Gasteiger partial charge is 0.224 e. The molecule has 0 aliphatic carbocycles. The van der Waals surface area contributed by atoms with E-state index in [-0.39, 0.29) is 19.0 Å². The number of nitrogens with zero attached hydrogens (tertiary/aromatic N) is 4. The van der Waals surface area contributed by atoms with Crippen molar-refractivity contribution in [1.29, 1.82) is 0 Å². The Bertz CT molecular complexity index is 633. The fourth-order valence-electron chi connectivity index (χ4n) is 2.36. The summed E-state index contributed by atoms with van der Waals surface area (Å²) in [6.07, 6.45) is -1.04. The van der Waals surface area contributed by atoms with Gasteiger partial charge in [0.15, 0.2) is 23.2 Å². The van der Waals surface area contributed by atoms with Crippen molar-refractivity contribution in [3.63, 3.8) is 0 Å². The molecule has 2 aromatic heterocycles. The molecular formula is C11H15FN6O2. The maximum atomic E-state index is 14.0. The van der Waals surface area contributed by atoms with Crippen molar-refractivity contribution in [3.05, 3.63) is 6.33 Å². The quantitative estimate of drug-likeness (QED) is 0.730. The van der Waals surface area contributed by atoms with E-state index in [1.165, 1.54) is 10.9 Å². The van der Waals surface area contributed by atoms with Crippen LogP contribution in [0.15, 0.2) is 6.33 Å². The molecule has 1 fully saturated rings. The first-order valence-corrected chi connectivity index (χ1v) is 6.22. The van der Waals surface area contributed by atoms with Gasteiger partial charge in [0, 0.05) is 13.5 Å². The van der Waals surface area contributed by atoms with Gasteiger partial charge in [-0.05, 0) is 0 Å². The molecule has 1 saturated heterocycles. The van der Waals surface area contributed by atoms with Gasteiger partial charge < -0.3 is 20.9 Å². The van der Waals surface area contributed by atoms with Crippen LogP contribution in [-0.2, 0) is 4.74 Å². The van der Waals surface area contributed by atoms with Gasteiger partial charge in [0.1, 0.15) is 6.17 Å². The number of aromatic nitrogens is 4. The molecule has 20 heavy (non-hydrogen) atoms. The normalized spacial score (nSPS) is 26.2. The van der Waals surface area contributed by atoms with Gasteiger partial charge in [-0.25, -0.2) is 9.37 Å². The Hall–Kier alpha value is -2.00. The van der Waals surface area contributed by atoms with Crippen molar-refractivity contribution < 1.29 is 14.2 Å². The van der Waals surface area contributed by atoms with E-state index in [0.717, 1.165) is 0 Å². The molecular weight excluding hydrogens is 267 g/mol. The van der Waals surface area contributed by atoms with Crippen LogP contribution >= 0.6 is 0 Å². The lowest BCUT2D eigenvalue weighted by atomic mass is 10.2. The number of hydrogen-bond donors (Lipinski definition) is 3. The minimum Gasteiger partial charge on any atom is -0.394 e. The number of halogens is 1. The van der Waals surface area contributed by atoms with Crippen LogP contribution in [0.4, 0.5) is 16.2 Å². The number of ether oxygens (including phenoxy) is 1. The van der Waals surface area contributed by atoms with Crippen LogP contribution in [-0.4, -0.2) is 50.6 Å². The molecule has 0 aromatic carbocycles. The fourth-order valence-corrected chi connectivity index (χ4v) is 2.36. The zero-order valence-corrected chi connectivity index (χ0v) is 10.8. The second-order valence-electron chi connectivity index (χ2n) is 4.59. The number of nitrogens with one attached hydrogen (secondary N) is 1. The summed E-state index contributed by atoms with van der Waals surface area (Å²) >= 11 is 0. The Balaban J connectivity index is 2.07. The summed E-state index contributed by atoms with van der Waals surface area (Å²) in [6, 6.07) is 0. The van der Waals surface area contributed by atoms with Crippen molar-refractivity contribution in [2.24, 2.45) is 0 Å². The molecule has 8 nitrogen and oxygen atoms in total. The number of nitrogen functional groups attached to an aromatic ring is 1. The third kappa shape index (κ3) is 1.95. The topological polar surface area (TPSA) is 111 Å². The second-order valence-corrected chi connectivity index (χ2v) is 4.59. The molecule has 0 saturated carbocycles. The van der Waals surface area contributed by atoms with Crippen LogP contribution in [0.1, 0.15) is 12.6 Å². The predicted octanol–water partition coefficient (Wildman–Crippen LogP) is 0.0681. The monoisotopic (exact) mass is 282 g/mol. The molecule has 3 unspecified atom stereocenters. The first-order chi connectivity index (χ1) is 9.63. The molecule has 0 radical (unpaired) electrons. The molecule has 2 aromatic rings. The van der Waals surface area contributed by atoms with E-state index in [1.807, 2.05) is 0 Å². The molecule has 3 heterocycles. The van der Waals surface area contributed by atoms with Gasteiger partial charge in [-0.3, -0.25) is 4.57 Å². The van der Waals surface area contributed by atoms with Gasteiger partial charge in [-0.15, -0.1) is 0 Å². The second kappa shape index (κ2) is 4.84. The van der Waals surface area contributed by atoms with E-state index in [1.54, 1.807) is 7.05 Å². The minimum atomic E-state index is -1.24. The Morgan fingerprint density at radius 2 is 2.40 bits per heavy atom. The number of fused-ring (bicyclic) bond motifs is 1. The molecule has 0 bridgehead atoms. The van der Waals surface area contributed by atoms with Crippen molar-refractivity contribution in [2.75, 3.05) is 24.7 Å². The molecule has 0 spiro atoms. The zero-order chi connectivity index (χ0) is 14.3. The van der Waals surface area contributed by atoms with E-state index in [9.17, 15) is 4.39 Å². The SMILES string of the molecule is CNc1nc(N)nc2c1ncn2C1OC(CO)CC1F. The van der Waals surface area contributed by atoms with Gasteiger partial charge in [-0.2, -0.15) is 9.97 Å². The van der Waals surface area contributed by atoms with Crippen LogP contribution in [0.3, 0.4) is 0 Å². The summed E-state index contributed by atoms with van der Waals surface area (Å²) in [5.41, 5.74) is 6.52. The summed E-state index contributed by atoms with van der Waals surface area (Å²) in [5.74, 6) is 0.536. The maximum absolute atomic E-state index is 14.0.